The first-order valence-corrected chi connectivity index (χ1v) is 10.8. The second-order valence-corrected chi connectivity index (χ2v) is 8.03. The van der Waals surface area contributed by atoms with Crippen LogP contribution in [-0.2, 0) is 13.1 Å². The molecule has 0 saturated heterocycles. The molecule has 0 spiro atoms. The van der Waals surface area contributed by atoms with Gasteiger partial charge in [-0.2, -0.15) is 0 Å². The van der Waals surface area contributed by atoms with Gasteiger partial charge in [0.15, 0.2) is 28.8 Å². The molecule has 2 aliphatic heterocycles. The number of fused-ring (bicyclic) bond motifs is 3. The van der Waals surface area contributed by atoms with E-state index in [1.807, 2.05) is 18.2 Å². The molecule has 4 heterocycles. The van der Waals surface area contributed by atoms with Crippen LogP contribution in [0.15, 0.2) is 64.0 Å². The van der Waals surface area contributed by atoms with E-state index in [2.05, 4.69) is 4.98 Å². The average Bonchev–Trinajstić information content (AvgIpc) is 3.54. The van der Waals surface area contributed by atoms with Crippen molar-refractivity contribution in [2.24, 2.45) is 0 Å². The van der Waals surface area contributed by atoms with Gasteiger partial charge in [0.2, 0.25) is 6.79 Å². The standard InChI is InChI=1S/C25H20N2O7/c28-24-17(9-16-10-22-23(11-18(16)26-24)32-7-6-31-22)13-27(25(29)20-2-1-5-30-20)12-15-3-4-19-21(8-15)34-14-33-19/h1-5,8-11H,6-7,12-14H2,(H,26,28). The van der Waals surface area contributed by atoms with Gasteiger partial charge in [-0.25, -0.2) is 0 Å². The second kappa shape index (κ2) is 8.18. The van der Waals surface area contributed by atoms with Gasteiger partial charge in [-0.3, -0.25) is 9.59 Å². The smallest absolute Gasteiger partial charge is 0.290 e. The van der Waals surface area contributed by atoms with E-state index in [4.69, 9.17) is 23.4 Å². The van der Waals surface area contributed by atoms with Crippen LogP contribution in [0.25, 0.3) is 10.9 Å². The zero-order valence-corrected chi connectivity index (χ0v) is 18.0. The molecule has 0 atom stereocenters. The van der Waals surface area contributed by atoms with Crippen molar-refractivity contribution in [3.8, 4) is 23.0 Å². The molecule has 0 saturated carbocycles. The molecule has 34 heavy (non-hydrogen) atoms. The van der Waals surface area contributed by atoms with Crippen molar-refractivity contribution in [2.45, 2.75) is 13.1 Å². The van der Waals surface area contributed by atoms with Gasteiger partial charge in [0.25, 0.3) is 11.5 Å². The number of rotatable bonds is 5. The molecule has 0 bridgehead atoms. The Balaban J connectivity index is 1.35. The first-order valence-electron chi connectivity index (χ1n) is 10.8. The SMILES string of the molecule is O=C(c1ccco1)N(Cc1ccc2c(c1)OCO2)Cc1cc2cc3c(cc2[nH]c1=O)OCCO3. The van der Waals surface area contributed by atoms with Crippen LogP contribution in [0, 0.1) is 0 Å². The zero-order chi connectivity index (χ0) is 23.1. The summed E-state index contributed by atoms with van der Waals surface area (Å²) in [6.07, 6.45) is 1.44. The number of H-pyrrole nitrogens is 1. The predicted molar refractivity (Wildman–Crippen MR) is 120 cm³/mol. The molecule has 4 aromatic rings. The molecule has 0 aliphatic carbocycles. The van der Waals surface area contributed by atoms with Gasteiger partial charge < -0.3 is 33.2 Å². The summed E-state index contributed by atoms with van der Waals surface area (Å²) in [5.74, 6) is 2.37. The van der Waals surface area contributed by atoms with Crippen molar-refractivity contribution in [3.63, 3.8) is 0 Å². The highest BCUT2D eigenvalue weighted by atomic mass is 16.7. The van der Waals surface area contributed by atoms with E-state index in [-0.39, 0.29) is 37.1 Å². The van der Waals surface area contributed by atoms with Crippen LogP contribution in [0.1, 0.15) is 21.7 Å². The van der Waals surface area contributed by atoms with Gasteiger partial charge in [0, 0.05) is 23.6 Å². The van der Waals surface area contributed by atoms with E-state index in [1.54, 1.807) is 35.2 Å². The van der Waals surface area contributed by atoms with Crippen molar-refractivity contribution in [1.82, 2.24) is 9.88 Å². The van der Waals surface area contributed by atoms with E-state index < -0.39 is 0 Å². The highest BCUT2D eigenvalue weighted by Crippen LogP contribution is 2.34. The molecule has 1 amide bonds. The van der Waals surface area contributed by atoms with Crippen LogP contribution in [0.5, 0.6) is 23.0 Å². The highest BCUT2D eigenvalue weighted by Gasteiger charge is 2.22. The Hall–Kier alpha value is -4.40. The summed E-state index contributed by atoms with van der Waals surface area (Å²) >= 11 is 0. The summed E-state index contributed by atoms with van der Waals surface area (Å²) in [7, 11) is 0. The molecule has 0 fully saturated rings. The van der Waals surface area contributed by atoms with E-state index >= 15 is 0 Å². The number of carbonyl (C=O) groups excluding carboxylic acids is 1. The maximum absolute atomic E-state index is 13.2. The average molecular weight is 460 g/mol. The first kappa shape index (κ1) is 20.2. The molecule has 9 nitrogen and oxygen atoms in total. The molecule has 2 aromatic heterocycles. The summed E-state index contributed by atoms with van der Waals surface area (Å²) < 4.78 is 27.5. The lowest BCUT2D eigenvalue weighted by Crippen LogP contribution is -2.32. The number of amides is 1. The highest BCUT2D eigenvalue weighted by molar-refractivity contribution is 5.91. The molecule has 2 aromatic carbocycles. The number of furan rings is 1. The molecule has 9 heteroatoms. The summed E-state index contributed by atoms with van der Waals surface area (Å²) in [5.41, 5.74) is 1.62. The summed E-state index contributed by atoms with van der Waals surface area (Å²) in [6.45, 7) is 1.42. The number of carbonyl (C=O) groups is 1. The molecule has 0 radical (unpaired) electrons. The normalized spacial score (nSPS) is 13.8. The van der Waals surface area contributed by atoms with Crippen LogP contribution in [0.2, 0.25) is 0 Å². The van der Waals surface area contributed by atoms with Crippen molar-refractivity contribution in [2.75, 3.05) is 20.0 Å². The maximum Gasteiger partial charge on any atom is 0.290 e. The number of benzene rings is 2. The number of ether oxygens (including phenoxy) is 4. The molecule has 2 aliphatic rings. The predicted octanol–water partition coefficient (Wildman–Crippen LogP) is 3.46. The van der Waals surface area contributed by atoms with Crippen LogP contribution in [-0.4, -0.2) is 35.8 Å². The Kier molecular flexibility index (Phi) is 4.87. The van der Waals surface area contributed by atoms with E-state index in [0.29, 0.717) is 47.3 Å². The molecular formula is C25H20N2O7. The Bertz CT molecular complexity index is 1440. The number of aromatic amines is 1. The zero-order valence-electron chi connectivity index (χ0n) is 18.0. The lowest BCUT2D eigenvalue weighted by Gasteiger charge is -2.22. The molecule has 6 rings (SSSR count). The van der Waals surface area contributed by atoms with Crippen molar-refractivity contribution < 1.29 is 28.2 Å². The third-order valence-electron chi connectivity index (χ3n) is 5.77. The Morgan fingerprint density at radius 3 is 2.50 bits per heavy atom. The quantitative estimate of drug-likeness (QED) is 0.486. The summed E-state index contributed by atoms with van der Waals surface area (Å²) in [5, 5.41) is 0.785. The fourth-order valence-corrected chi connectivity index (χ4v) is 4.13. The van der Waals surface area contributed by atoms with Gasteiger partial charge in [-0.1, -0.05) is 6.07 Å². The molecule has 172 valence electrons. The molecular weight excluding hydrogens is 440 g/mol. The Morgan fingerprint density at radius 2 is 1.68 bits per heavy atom. The van der Waals surface area contributed by atoms with Crippen molar-refractivity contribution >= 4 is 16.8 Å². The fraction of sp³-hybridized carbons (Fsp3) is 0.200. The minimum atomic E-state index is -0.329. The van der Waals surface area contributed by atoms with Crippen LogP contribution < -0.4 is 24.5 Å². The molecule has 0 unspecified atom stereocenters. The molecule has 1 N–H and O–H groups in total. The van der Waals surface area contributed by atoms with Crippen LogP contribution in [0.4, 0.5) is 0 Å². The van der Waals surface area contributed by atoms with Crippen molar-refractivity contribution in [3.05, 3.63) is 82.0 Å². The minimum absolute atomic E-state index is 0.0771. The first-order chi connectivity index (χ1) is 16.6. The Morgan fingerprint density at radius 1 is 0.882 bits per heavy atom. The third kappa shape index (κ3) is 3.71. The third-order valence-corrected chi connectivity index (χ3v) is 5.77. The van der Waals surface area contributed by atoms with Gasteiger partial charge in [0.05, 0.1) is 18.3 Å². The number of hydrogen-bond acceptors (Lipinski definition) is 7. The van der Waals surface area contributed by atoms with E-state index in [9.17, 15) is 9.59 Å². The largest absolute Gasteiger partial charge is 0.486 e. The monoisotopic (exact) mass is 460 g/mol. The number of pyridine rings is 1. The summed E-state index contributed by atoms with van der Waals surface area (Å²) in [6, 6.07) is 14.1. The second-order valence-electron chi connectivity index (χ2n) is 8.03. The number of nitrogens with zero attached hydrogens (tertiary/aromatic N) is 1. The fourth-order valence-electron chi connectivity index (χ4n) is 4.13. The lowest BCUT2D eigenvalue weighted by atomic mass is 10.1. The van der Waals surface area contributed by atoms with E-state index in [0.717, 1.165) is 10.9 Å². The lowest BCUT2D eigenvalue weighted by molar-refractivity contribution is 0.0697. The summed E-state index contributed by atoms with van der Waals surface area (Å²) in [4.78, 5) is 30.6. The van der Waals surface area contributed by atoms with Gasteiger partial charge >= 0.3 is 0 Å². The maximum atomic E-state index is 13.2. The topological polar surface area (TPSA) is 103 Å². The van der Waals surface area contributed by atoms with Gasteiger partial charge in [0.1, 0.15) is 13.2 Å². The minimum Gasteiger partial charge on any atom is -0.486 e. The van der Waals surface area contributed by atoms with Crippen LogP contribution in [0.3, 0.4) is 0 Å². The number of nitrogens with one attached hydrogen (secondary N) is 1. The van der Waals surface area contributed by atoms with Gasteiger partial charge in [-0.05, 0) is 42.0 Å². The Labute approximate surface area is 193 Å². The number of aromatic nitrogens is 1. The van der Waals surface area contributed by atoms with E-state index in [1.165, 1.54) is 6.26 Å². The van der Waals surface area contributed by atoms with Crippen LogP contribution >= 0.6 is 0 Å². The van der Waals surface area contributed by atoms with Gasteiger partial charge in [-0.15, -0.1) is 0 Å². The van der Waals surface area contributed by atoms with Crippen molar-refractivity contribution in [1.29, 1.82) is 0 Å². The number of hydrogen-bond donors (Lipinski definition) is 1.